The van der Waals surface area contributed by atoms with Crippen LogP contribution in [-0.2, 0) is 10.2 Å². The Labute approximate surface area is 202 Å². The second kappa shape index (κ2) is 11.8. The van der Waals surface area contributed by atoms with Crippen LogP contribution in [0.3, 0.4) is 0 Å². The summed E-state index contributed by atoms with van der Waals surface area (Å²) in [5.41, 5.74) is 8.34. The number of nitrogens with zero attached hydrogens (tertiary/aromatic N) is 3. The summed E-state index contributed by atoms with van der Waals surface area (Å²) in [6.07, 6.45) is 1.29. The third-order valence-corrected chi connectivity index (χ3v) is 5.88. The highest BCUT2D eigenvalue weighted by Crippen LogP contribution is 2.27. The van der Waals surface area contributed by atoms with Crippen molar-refractivity contribution in [2.24, 2.45) is 5.73 Å². The molecule has 0 bridgehead atoms. The van der Waals surface area contributed by atoms with Gasteiger partial charge in [0.1, 0.15) is 5.82 Å². The fourth-order valence-corrected chi connectivity index (χ4v) is 3.98. The van der Waals surface area contributed by atoms with Crippen molar-refractivity contribution >= 4 is 11.8 Å². The molecular formula is C27H37N5O2. The number of para-hydroxylation sites is 1. The Kier molecular flexibility index (Phi) is 8.85. The zero-order valence-corrected chi connectivity index (χ0v) is 20.7. The summed E-state index contributed by atoms with van der Waals surface area (Å²) in [6.45, 7) is 10.5. The van der Waals surface area contributed by atoms with E-state index >= 15 is 0 Å². The Balaban J connectivity index is 0.000000196. The van der Waals surface area contributed by atoms with Crippen LogP contribution in [0.15, 0.2) is 66.7 Å². The van der Waals surface area contributed by atoms with Crippen LogP contribution in [0.25, 0.3) is 5.69 Å². The number of amides is 2. The predicted molar refractivity (Wildman–Crippen MR) is 138 cm³/mol. The molecule has 0 aliphatic carbocycles. The van der Waals surface area contributed by atoms with Gasteiger partial charge < -0.3 is 15.4 Å². The van der Waals surface area contributed by atoms with E-state index in [0.29, 0.717) is 5.82 Å². The summed E-state index contributed by atoms with van der Waals surface area (Å²) >= 11 is 0. The number of anilines is 1. The zero-order valence-electron chi connectivity index (χ0n) is 20.7. The van der Waals surface area contributed by atoms with Crippen LogP contribution >= 0.6 is 0 Å². The number of rotatable bonds is 6. The highest BCUT2D eigenvalue weighted by molar-refractivity contribution is 5.87. The maximum atomic E-state index is 11.1. The lowest BCUT2D eigenvalue weighted by Gasteiger charge is -2.15. The van der Waals surface area contributed by atoms with Gasteiger partial charge >= 0.3 is 6.03 Å². The van der Waals surface area contributed by atoms with Crippen LogP contribution in [0.5, 0.6) is 0 Å². The smallest absolute Gasteiger partial charge is 0.317 e. The van der Waals surface area contributed by atoms with Crippen molar-refractivity contribution in [3.63, 3.8) is 0 Å². The molecule has 3 N–H and O–H groups in total. The zero-order chi connectivity index (χ0) is 24.6. The first-order valence-electron chi connectivity index (χ1n) is 11.8. The summed E-state index contributed by atoms with van der Waals surface area (Å²) < 4.78 is 6.79. The van der Waals surface area contributed by atoms with Crippen LogP contribution in [0.2, 0.25) is 0 Å². The number of likely N-dealkylation sites (tertiary alicyclic amines) is 1. The number of nitrogens with two attached hydrogens (primary N) is 1. The van der Waals surface area contributed by atoms with Crippen LogP contribution in [0, 0.1) is 0 Å². The molecule has 3 aromatic rings. The van der Waals surface area contributed by atoms with Gasteiger partial charge in [0.15, 0.2) is 0 Å². The predicted octanol–water partition coefficient (Wildman–Crippen LogP) is 4.78. The third-order valence-electron chi connectivity index (χ3n) is 5.88. The number of ether oxygens (including phenoxy) is 1. The maximum absolute atomic E-state index is 11.1. The van der Waals surface area contributed by atoms with Gasteiger partial charge in [-0.2, -0.15) is 5.10 Å². The molecule has 1 fully saturated rings. The molecule has 7 nitrogen and oxygen atoms in total. The molecule has 1 aliphatic rings. The third kappa shape index (κ3) is 7.17. The van der Waals surface area contributed by atoms with Crippen LogP contribution in [-0.4, -0.2) is 54.1 Å². The van der Waals surface area contributed by atoms with E-state index in [2.05, 4.69) is 66.4 Å². The number of nitrogens with one attached hydrogen (secondary N) is 1. The van der Waals surface area contributed by atoms with Crippen molar-refractivity contribution in [3.05, 3.63) is 78.0 Å². The molecule has 4 rings (SSSR count). The van der Waals surface area contributed by atoms with Gasteiger partial charge in [-0.3, -0.25) is 5.32 Å². The quantitative estimate of drug-likeness (QED) is 0.551. The second-order valence-electron chi connectivity index (χ2n) is 9.59. The molecular weight excluding hydrogens is 426 g/mol. The van der Waals surface area contributed by atoms with E-state index < -0.39 is 6.03 Å². The molecule has 2 heterocycles. The first kappa shape index (κ1) is 25.5. The van der Waals surface area contributed by atoms with Gasteiger partial charge in [0, 0.05) is 31.7 Å². The molecule has 1 unspecified atom stereocenters. The Hall–Kier alpha value is -3.16. The first-order chi connectivity index (χ1) is 16.3. The molecule has 2 amide bonds. The van der Waals surface area contributed by atoms with Gasteiger partial charge in [0.05, 0.1) is 18.0 Å². The van der Waals surface area contributed by atoms with Crippen LogP contribution < -0.4 is 11.1 Å². The number of hydrogen-bond acceptors (Lipinski definition) is 4. The minimum Gasteiger partial charge on any atom is -0.383 e. The van der Waals surface area contributed by atoms with E-state index in [1.165, 1.54) is 25.1 Å². The number of carbonyl (C=O) groups is 1. The largest absolute Gasteiger partial charge is 0.383 e. The van der Waals surface area contributed by atoms with E-state index in [1.54, 1.807) is 11.8 Å². The second-order valence-corrected chi connectivity index (χ2v) is 9.59. The van der Waals surface area contributed by atoms with E-state index in [0.717, 1.165) is 30.5 Å². The average molecular weight is 464 g/mol. The number of methoxy groups -OCH3 is 1. The molecule has 182 valence electrons. The normalized spacial score (nSPS) is 16.1. The van der Waals surface area contributed by atoms with Crippen molar-refractivity contribution in [1.29, 1.82) is 0 Å². The lowest BCUT2D eigenvalue weighted by molar-refractivity contribution is 0.160. The summed E-state index contributed by atoms with van der Waals surface area (Å²) in [5, 5.41) is 7.15. The number of hydrogen-bond donors (Lipinski definition) is 2. The molecule has 34 heavy (non-hydrogen) atoms. The molecule has 1 aliphatic heterocycles. The summed E-state index contributed by atoms with van der Waals surface area (Å²) in [4.78, 5) is 13.6. The molecule has 0 radical (unpaired) electrons. The summed E-state index contributed by atoms with van der Waals surface area (Å²) in [7, 11) is 1.77. The van der Waals surface area contributed by atoms with E-state index in [9.17, 15) is 4.79 Å². The van der Waals surface area contributed by atoms with E-state index in [1.807, 2.05) is 36.4 Å². The van der Waals surface area contributed by atoms with Gasteiger partial charge in [0.25, 0.3) is 0 Å². The molecule has 0 saturated carbocycles. The van der Waals surface area contributed by atoms with Gasteiger partial charge in [0.2, 0.25) is 0 Å². The average Bonchev–Trinajstić information content (AvgIpc) is 3.46. The van der Waals surface area contributed by atoms with Crippen molar-refractivity contribution in [2.45, 2.75) is 38.5 Å². The van der Waals surface area contributed by atoms with Gasteiger partial charge in [-0.25, -0.2) is 9.48 Å². The molecule has 7 heteroatoms. The molecule has 1 saturated heterocycles. The van der Waals surface area contributed by atoms with Crippen molar-refractivity contribution in [2.75, 3.05) is 38.7 Å². The van der Waals surface area contributed by atoms with Gasteiger partial charge in [-0.15, -0.1) is 0 Å². The highest BCUT2D eigenvalue weighted by atomic mass is 16.5. The van der Waals surface area contributed by atoms with E-state index in [4.69, 9.17) is 10.5 Å². The highest BCUT2D eigenvalue weighted by Gasteiger charge is 2.23. The minimum atomic E-state index is -0.599. The Morgan fingerprint density at radius 2 is 1.76 bits per heavy atom. The van der Waals surface area contributed by atoms with Gasteiger partial charge in [-0.05, 0) is 36.6 Å². The number of benzene rings is 2. The molecule has 1 aromatic heterocycles. The Bertz CT molecular complexity index is 1030. The monoisotopic (exact) mass is 463 g/mol. The Morgan fingerprint density at radius 1 is 1.12 bits per heavy atom. The summed E-state index contributed by atoms with van der Waals surface area (Å²) in [6, 6.07) is 21.7. The lowest BCUT2D eigenvalue weighted by Crippen LogP contribution is -2.24. The SMILES string of the molecule is CC(C)(C)c1cc(NC(N)=O)n(-c2ccccc2)n1.COCCN1CCC(c2ccccc2)C1. The van der Waals surface area contributed by atoms with E-state index in [-0.39, 0.29) is 5.41 Å². The fourth-order valence-electron chi connectivity index (χ4n) is 3.98. The standard InChI is InChI=1S/C14H18N4O.C13H19NO/c1-14(2,3)11-9-12(16-13(15)19)18(17-11)10-7-5-4-6-8-10;1-15-10-9-14-8-7-13(11-14)12-5-3-2-4-6-12/h4-9H,1-3H3,(H3,15,16,19);2-6,13H,7-11H2,1H3. The van der Waals surface area contributed by atoms with Crippen LogP contribution in [0.1, 0.15) is 44.4 Å². The molecule has 1 atom stereocenters. The number of primary amides is 1. The maximum Gasteiger partial charge on any atom is 0.317 e. The van der Waals surface area contributed by atoms with Gasteiger partial charge in [-0.1, -0.05) is 69.3 Å². The topological polar surface area (TPSA) is 85.4 Å². The first-order valence-corrected chi connectivity index (χ1v) is 11.8. The van der Waals surface area contributed by atoms with Crippen molar-refractivity contribution in [3.8, 4) is 5.69 Å². The number of urea groups is 1. The lowest BCUT2D eigenvalue weighted by atomic mass is 9.92. The van der Waals surface area contributed by atoms with Crippen LogP contribution in [0.4, 0.5) is 10.6 Å². The Morgan fingerprint density at radius 3 is 2.35 bits per heavy atom. The molecule has 0 spiro atoms. The summed E-state index contributed by atoms with van der Waals surface area (Å²) in [5.74, 6) is 1.30. The number of aromatic nitrogens is 2. The fraction of sp³-hybridized carbons (Fsp3) is 0.407. The minimum absolute atomic E-state index is 0.103. The van der Waals surface area contributed by atoms with Crippen molar-refractivity contribution < 1.29 is 9.53 Å². The molecule has 2 aromatic carbocycles. The number of carbonyl (C=O) groups excluding carboxylic acids is 1. The van der Waals surface area contributed by atoms with Crippen molar-refractivity contribution in [1.82, 2.24) is 14.7 Å².